The van der Waals surface area contributed by atoms with Gasteiger partial charge in [0.05, 0.1) is 24.0 Å². The Morgan fingerprint density at radius 1 is 1.47 bits per heavy atom. The van der Waals surface area contributed by atoms with Crippen LogP contribution in [0.2, 0.25) is 0 Å². The maximum absolute atomic E-state index is 13.3. The molecule has 0 N–H and O–H groups in total. The highest BCUT2D eigenvalue weighted by molar-refractivity contribution is 8.13. The lowest BCUT2D eigenvalue weighted by Crippen LogP contribution is -2.05. The number of nitrogens with zero attached hydrogens (tertiary/aromatic N) is 1. The molecular weight excluding hydrogens is 269 g/mol. The third-order valence-corrected chi connectivity index (χ3v) is 3.09. The van der Waals surface area contributed by atoms with Crippen LogP contribution in [0.25, 0.3) is 0 Å². The molecule has 0 saturated carbocycles. The fourth-order valence-electron chi connectivity index (χ4n) is 1.10. The van der Waals surface area contributed by atoms with Crippen LogP contribution in [0.1, 0.15) is 12.0 Å². The number of rotatable bonds is 5. The van der Waals surface area contributed by atoms with Gasteiger partial charge in [-0.2, -0.15) is 5.26 Å². The van der Waals surface area contributed by atoms with Crippen molar-refractivity contribution in [1.29, 1.82) is 5.26 Å². The summed E-state index contributed by atoms with van der Waals surface area (Å²) in [4.78, 5) is 0. The first kappa shape index (κ1) is 13.7. The van der Waals surface area contributed by atoms with Crippen LogP contribution in [-0.2, 0) is 9.05 Å². The number of hydrogen-bond donors (Lipinski definition) is 0. The van der Waals surface area contributed by atoms with E-state index in [9.17, 15) is 12.8 Å². The van der Waals surface area contributed by atoms with Crippen molar-refractivity contribution in [2.45, 2.75) is 6.42 Å². The van der Waals surface area contributed by atoms with Gasteiger partial charge >= 0.3 is 0 Å². The van der Waals surface area contributed by atoms with Gasteiger partial charge in [-0.25, -0.2) is 12.8 Å². The van der Waals surface area contributed by atoms with Gasteiger partial charge in [-0.05, 0) is 24.6 Å². The van der Waals surface area contributed by atoms with Crippen LogP contribution in [0.5, 0.6) is 5.75 Å². The minimum atomic E-state index is -3.54. The summed E-state index contributed by atoms with van der Waals surface area (Å²) < 4.78 is 39.5. The summed E-state index contributed by atoms with van der Waals surface area (Å²) in [5.74, 6) is -0.902. The Morgan fingerprint density at radius 3 is 2.71 bits per heavy atom. The highest BCUT2D eigenvalue weighted by Crippen LogP contribution is 2.18. The van der Waals surface area contributed by atoms with E-state index >= 15 is 0 Å². The van der Waals surface area contributed by atoms with Crippen LogP contribution in [0, 0.1) is 17.1 Å². The number of benzene rings is 1. The second-order valence-electron chi connectivity index (χ2n) is 3.20. The Kier molecular flexibility index (Phi) is 4.73. The van der Waals surface area contributed by atoms with E-state index in [4.69, 9.17) is 20.7 Å². The Balaban J connectivity index is 2.51. The van der Waals surface area contributed by atoms with Gasteiger partial charge in [0, 0.05) is 10.7 Å². The monoisotopic (exact) mass is 277 g/mol. The average molecular weight is 278 g/mol. The molecule has 7 heteroatoms. The van der Waals surface area contributed by atoms with Crippen molar-refractivity contribution >= 4 is 19.7 Å². The van der Waals surface area contributed by atoms with Gasteiger partial charge < -0.3 is 4.74 Å². The minimum absolute atomic E-state index is 0.0176. The zero-order chi connectivity index (χ0) is 12.9. The number of nitriles is 1. The van der Waals surface area contributed by atoms with Gasteiger partial charge in [0.15, 0.2) is 11.6 Å². The second-order valence-corrected chi connectivity index (χ2v) is 6.10. The molecule has 0 saturated heterocycles. The smallest absolute Gasteiger partial charge is 0.232 e. The zero-order valence-electron chi connectivity index (χ0n) is 8.69. The van der Waals surface area contributed by atoms with Crippen LogP contribution >= 0.6 is 10.7 Å². The topological polar surface area (TPSA) is 67.2 Å². The summed E-state index contributed by atoms with van der Waals surface area (Å²) in [6, 6.07) is 5.57. The van der Waals surface area contributed by atoms with Gasteiger partial charge in [0.25, 0.3) is 0 Å². The van der Waals surface area contributed by atoms with Gasteiger partial charge in [-0.3, -0.25) is 0 Å². The number of hydrogen-bond acceptors (Lipinski definition) is 4. The van der Waals surface area contributed by atoms with Crippen molar-refractivity contribution in [2.75, 3.05) is 12.4 Å². The fraction of sp³-hybridized carbons (Fsp3) is 0.300. The van der Waals surface area contributed by atoms with E-state index in [0.29, 0.717) is 0 Å². The lowest BCUT2D eigenvalue weighted by molar-refractivity contribution is 0.302. The standard InChI is InChI=1S/C10H9ClFNO3S/c11-17(14,15)5-1-4-16-10-3-2-8(7-13)6-9(10)12/h2-3,6H,1,4-5H2. The lowest BCUT2D eigenvalue weighted by atomic mass is 10.2. The second kappa shape index (κ2) is 5.84. The van der Waals surface area contributed by atoms with Gasteiger partial charge in [0.1, 0.15) is 0 Å². The molecule has 0 aliphatic carbocycles. The zero-order valence-corrected chi connectivity index (χ0v) is 10.3. The summed E-state index contributed by atoms with van der Waals surface area (Å²) in [5, 5.41) is 8.52. The molecule has 1 aromatic rings. The van der Waals surface area contributed by atoms with Crippen LogP contribution in [-0.4, -0.2) is 20.8 Å². The first-order valence-corrected chi connectivity index (χ1v) is 7.15. The molecule has 0 heterocycles. The van der Waals surface area contributed by atoms with Crippen molar-refractivity contribution in [3.8, 4) is 11.8 Å². The Labute approximate surface area is 103 Å². The van der Waals surface area contributed by atoms with E-state index in [1.165, 1.54) is 12.1 Å². The Bertz CT molecular complexity index is 539. The van der Waals surface area contributed by atoms with E-state index in [1.807, 2.05) is 0 Å². The van der Waals surface area contributed by atoms with Crippen LogP contribution in [0.15, 0.2) is 18.2 Å². The molecule has 1 aromatic carbocycles. The molecule has 0 fully saturated rings. The fourth-order valence-corrected chi connectivity index (χ4v) is 1.89. The first-order valence-electron chi connectivity index (χ1n) is 4.67. The minimum Gasteiger partial charge on any atom is -0.490 e. The maximum Gasteiger partial charge on any atom is 0.232 e. The Hall–Kier alpha value is -1.32. The summed E-state index contributed by atoms with van der Waals surface area (Å²) in [6.07, 6.45) is 0.172. The lowest BCUT2D eigenvalue weighted by Gasteiger charge is -2.06. The van der Waals surface area contributed by atoms with E-state index in [2.05, 4.69) is 0 Å². The first-order chi connectivity index (χ1) is 7.92. The molecule has 92 valence electrons. The van der Waals surface area contributed by atoms with Crippen molar-refractivity contribution in [1.82, 2.24) is 0 Å². The van der Waals surface area contributed by atoms with Crippen molar-refractivity contribution in [2.24, 2.45) is 0 Å². The summed E-state index contributed by atoms with van der Waals surface area (Å²) in [5.41, 5.74) is 0.193. The van der Waals surface area contributed by atoms with E-state index in [1.54, 1.807) is 6.07 Å². The maximum atomic E-state index is 13.3. The van der Waals surface area contributed by atoms with Crippen LogP contribution in [0.4, 0.5) is 4.39 Å². The predicted octanol–water partition coefficient (Wildman–Crippen LogP) is 2.03. The van der Waals surface area contributed by atoms with Gasteiger partial charge in [0.2, 0.25) is 9.05 Å². The highest BCUT2D eigenvalue weighted by atomic mass is 35.7. The molecule has 17 heavy (non-hydrogen) atoms. The highest BCUT2D eigenvalue weighted by Gasteiger charge is 2.07. The largest absolute Gasteiger partial charge is 0.490 e. The third-order valence-electron chi connectivity index (χ3n) is 1.85. The summed E-state index contributed by atoms with van der Waals surface area (Å²) in [6.45, 7) is 0.0365. The van der Waals surface area contributed by atoms with Crippen molar-refractivity contribution < 1.29 is 17.5 Å². The quantitative estimate of drug-likeness (QED) is 0.610. The molecule has 0 aromatic heterocycles. The Morgan fingerprint density at radius 2 is 2.18 bits per heavy atom. The van der Waals surface area contributed by atoms with Gasteiger partial charge in [-0.15, -0.1) is 0 Å². The van der Waals surface area contributed by atoms with E-state index in [-0.39, 0.29) is 30.1 Å². The van der Waals surface area contributed by atoms with Gasteiger partial charge in [-0.1, -0.05) is 0 Å². The van der Waals surface area contributed by atoms with Crippen molar-refractivity contribution in [3.63, 3.8) is 0 Å². The molecular formula is C10H9ClFNO3S. The molecule has 4 nitrogen and oxygen atoms in total. The molecule has 0 radical (unpaired) electrons. The number of ether oxygens (including phenoxy) is 1. The molecule has 1 rings (SSSR count). The summed E-state index contributed by atoms with van der Waals surface area (Å²) in [7, 11) is 1.45. The molecule has 0 aliphatic rings. The SMILES string of the molecule is N#Cc1ccc(OCCCS(=O)(=O)Cl)c(F)c1. The molecule has 0 aliphatic heterocycles. The van der Waals surface area contributed by atoms with Crippen LogP contribution in [0.3, 0.4) is 0 Å². The summed E-state index contributed by atoms with van der Waals surface area (Å²) >= 11 is 0. The molecule has 0 amide bonds. The van der Waals surface area contributed by atoms with E-state index < -0.39 is 14.9 Å². The average Bonchev–Trinajstić information content (AvgIpc) is 2.24. The predicted molar refractivity (Wildman–Crippen MR) is 60.9 cm³/mol. The molecule has 0 unspecified atom stereocenters. The normalized spacial score (nSPS) is 10.9. The van der Waals surface area contributed by atoms with E-state index in [0.717, 1.165) is 6.07 Å². The molecule has 0 bridgehead atoms. The molecule has 0 atom stereocenters. The van der Waals surface area contributed by atoms with Crippen molar-refractivity contribution in [3.05, 3.63) is 29.6 Å². The van der Waals surface area contributed by atoms with Crippen LogP contribution < -0.4 is 4.74 Å². The third kappa shape index (κ3) is 5.02. The molecule has 0 spiro atoms. The number of halogens is 2.